The van der Waals surface area contributed by atoms with Crippen LogP contribution in [0.2, 0.25) is 5.02 Å². The molecule has 1 aromatic rings. The van der Waals surface area contributed by atoms with Crippen LogP contribution in [-0.2, 0) is 9.47 Å². The molecule has 3 unspecified atom stereocenters. The average molecular weight is 327 g/mol. The third kappa shape index (κ3) is 2.62. The molecule has 1 N–H and O–H groups in total. The first-order valence-electron chi connectivity index (χ1n) is 6.98. The molecule has 0 amide bonds. The van der Waals surface area contributed by atoms with E-state index in [0.29, 0.717) is 5.69 Å². The molecule has 7 nitrogen and oxygen atoms in total. The minimum Gasteiger partial charge on any atom is -0.465 e. The van der Waals surface area contributed by atoms with Crippen LogP contribution in [0, 0.1) is 10.1 Å². The number of methoxy groups -OCH3 is 1. The van der Waals surface area contributed by atoms with E-state index in [2.05, 4.69) is 10.1 Å². The highest BCUT2D eigenvalue weighted by Crippen LogP contribution is 2.38. The number of esters is 1. The second kappa shape index (κ2) is 5.73. The van der Waals surface area contributed by atoms with Gasteiger partial charge >= 0.3 is 5.97 Å². The lowest BCUT2D eigenvalue weighted by Gasteiger charge is -2.21. The van der Waals surface area contributed by atoms with E-state index in [1.165, 1.54) is 13.2 Å². The highest BCUT2D eigenvalue weighted by atomic mass is 35.5. The van der Waals surface area contributed by atoms with Crippen molar-refractivity contribution in [3.63, 3.8) is 0 Å². The fourth-order valence-electron chi connectivity index (χ4n) is 3.08. The van der Waals surface area contributed by atoms with Gasteiger partial charge in [0.25, 0.3) is 5.69 Å². The number of benzene rings is 1. The van der Waals surface area contributed by atoms with Crippen LogP contribution in [0.4, 0.5) is 11.4 Å². The first-order valence-corrected chi connectivity index (χ1v) is 7.35. The molecule has 0 spiro atoms. The number of rotatable bonds is 4. The van der Waals surface area contributed by atoms with Gasteiger partial charge in [0.15, 0.2) is 0 Å². The van der Waals surface area contributed by atoms with Crippen LogP contribution < -0.4 is 5.32 Å². The maximum atomic E-state index is 11.6. The predicted molar refractivity (Wildman–Crippen MR) is 79.4 cm³/mol. The summed E-state index contributed by atoms with van der Waals surface area (Å²) in [7, 11) is 1.20. The second-order valence-electron chi connectivity index (χ2n) is 5.46. The van der Waals surface area contributed by atoms with Gasteiger partial charge in [0.2, 0.25) is 0 Å². The van der Waals surface area contributed by atoms with Crippen LogP contribution in [0.1, 0.15) is 29.6 Å². The van der Waals surface area contributed by atoms with Crippen molar-refractivity contribution in [3.05, 3.63) is 32.8 Å². The zero-order valence-electron chi connectivity index (χ0n) is 11.9. The molecular weight excluding hydrogens is 312 g/mol. The third-order valence-corrected chi connectivity index (χ3v) is 4.45. The average Bonchev–Trinajstić information content (AvgIpc) is 3.09. The molecule has 2 heterocycles. The predicted octanol–water partition coefficient (Wildman–Crippen LogP) is 2.77. The second-order valence-corrected chi connectivity index (χ2v) is 5.87. The zero-order chi connectivity index (χ0) is 15.9. The van der Waals surface area contributed by atoms with Gasteiger partial charge < -0.3 is 14.8 Å². The lowest BCUT2D eigenvalue weighted by molar-refractivity contribution is -0.384. The number of ether oxygens (including phenoxy) is 2. The summed E-state index contributed by atoms with van der Waals surface area (Å²) in [5.41, 5.74) is 0.0713. The Balaban J connectivity index is 1.91. The van der Waals surface area contributed by atoms with Crippen molar-refractivity contribution < 1.29 is 19.2 Å². The van der Waals surface area contributed by atoms with E-state index in [-0.39, 0.29) is 34.5 Å². The van der Waals surface area contributed by atoms with Crippen molar-refractivity contribution in [1.29, 1.82) is 0 Å². The van der Waals surface area contributed by atoms with Gasteiger partial charge in [-0.05, 0) is 25.3 Å². The van der Waals surface area contributed by atoms with Gasteiger partial charge in [-0.3, -0.25) is 10.1 Å². The van der Waals surface area contributed by atoms with E-state index >= 15 is 0 Å². The minimum absolute atomic E-state index is 0.0226. The zero-order valence-corrected chi connectivity index (χ0v) is 12.6. The van der Waals surface area contributed by atoms with Crippen molar-refractivity contribution in [2.24, 2.45) is 0 Å². The Morgan fingerprint density at radius 1 is 1.50 bits per heavy atom. The number of anilines is 1. The molecule has 3 rings (SSSR count). The van der Waals surface area contributed by atoms with Gasteiger partial charge in [0.05, 0.1) is 40.9 Å². The quantitative estimate of drug-likeness (QED) is 0.519. The van der Waals surface area contributed by atoms with E-state index in [0.717, 1.165) is 25.3 Å². The van der Waals surface area contributed by atoms with E-state index in [4.69, 9.17) is 16.3 Å². The highest BCUT2D eigenvalue weighted by molar-refractivity contribution is 6.34. The molecule has 8 heteroatoms. The molecule has 1 aromatic carbocycles. The summed E-state index contributed by atoms with van der Waals surface area (Å²) in [6.07, 6.45) is 3.10. The SMILES string of the molecule is COC(=O)c1cc([N+](=O)[O-])c(NC2CC3CCC2O3)cc1Cl. The van der Waals surface area contributed by atoms with Crippen LogP contribution >= 0.6 is 11.6 Å². The molecule has 0 saturated carbocycles. The number of halogens is 1. The Kier molecular flexibility index (Phi) is 3.92. The Labute approximate surface area is 131 Å². The number of hydrogen-bond acceptors (Lipinski definition) is 6. The summed E-state index contributed by atoms with van der Waals surface area (Å²) in [6.45, 7) is 0. The first kappa shape index (κ1) is 15.1. The Morgan fingerprint density at radius 2 is 2.27 bits per heavy atom. The van der Waals surface area contributed by atoms with Gasteiger partial charge in [-0.1, -0.05) is 11.6 Å². The summed E-state index contributed by atoms with van der Waals surface area (Å²) in [4.78, 5) is 22.3. The Bertz CT molecular complexity index is 636. The smallest absolute Gasteiger partial charge is 0.339 e. The topological polar surface area (TPSA) is 90.7 Å². The highest BCUT2D eigenvalue weighted by Gasteiger charge is 2.41. The molecule has 22 heavy (non-hydrogen) atoms. The molecule has 2 aliphatic rings. The van der Waals surface area contributed by atoms with Gasteiger partial charge in [-0.2, -0.15) is 0 Å². The number of nitro benzene ring substituents is 1. The maximum absolute atomic E-state index is 11.6. The van der Waals surface area contributed by atoms with Gasteiger partial charge in [0.1, 0.15) is 5.69 Å². The number of carbonyl (C=O) groups excluding carboxylic acids is 1. The number of nitrogens with one attached hydrogen (secondary N) is 1. The molecule has 2 fully saturated rings. The lowest BCUT2D eigenvalue weighted by atomic mass is 9.95. The summed E-state index contributed by atoms with van der Waals surface area (Å²) >= 11 is 6.05. The molecule has 118 valence electrons. The monoisotopic (exact) mass is 326 g/mol. The minimum atomic E-state index is -0.706. The van der Waals surface area contributed by atoms with Crippen LogP contribution in [0.25, 0.3) is 0 Å². The molecule has 0 aliphatic carbocycles. The van der Waals surface area contributed by atoms with Crippen molar-refractivity contribution in [3.8, 4) is 0 Å². The van der Waals surface area contributed by atoms with E-state index in [9.17, 15) is 14.9 Å². The number of nitro groups is 1. The van der Waals surface area contributed by atoms with E-state index < -0.39 is 10.9 Å². The molecule has 2 bridgehead atoms. The van der Waals surface area contributed by atoms with Crippen molar-refractivity contribution in [2.45, 2.75) is 37.5 Å². The van der Waals surface area contributed by atoms with Crippen LogP contribution in [0.15, 0.2) is 12.1 Å². The Hall–Kier alpha value is -1.86. The summed E-state index contributed by atoms with van der Waals surface area (Å²) < 4.78 is 10.3. The molecule has 2 aliphatic heterocycles. The van der Waals surface area contributed by atoms with Crippen LogP contribution in [0.3, 0.4) is 0 Å². The fourth-order valence-corrected chi connectivity index (χ4v) is 3.33. The van der Waals surface area contributed by atoms with Crippen LogP contribution in [-0.4, -0.2) is 36.3 Å². The van der Waals surface area contributed by atoms with Gasteiger partial charge in [-0.15, -0.1) is 0 Å². The molecule has 0 radical (unpaired) electrons. The maximum Gasteiger partial charge on any atom is 0.339 e. The number of nitrogens with zero attached hydrogens (tertiary/aromatic N) is 1. The van der Waals surface area contributed by atoms with Crippen molar-refractivity contribution in [1.82, 2.24) is 0 Å². The van der Waals surface area contributed by atoms with Crippen molar-refractivity contribution in [2.75, 3.05) is 12.4 Å². The number of fused-ring (bicyclic) bond motifs is 2. The van der Waals surface area contributed by atoms with Gasteiger partial charge in [0, 0.05) is 6.07 Å². The van der Waals surface area contributed by atoms with Crippen LogP contribution in [0.5, 0.6) is 0 Å². The number of carbonyl (C=O) groups is 1. The van der Waals surface area contributed by atoms with E-state index in [1.54, 1.807) is 0 Å². The Morgan fingerprint density at radius 3 is 2.82 bits per heavy atom. The lowest BCUT2D eigenvalue weighted by Crippen LogP contribution is -2.30. The molecule has 0 aromatic heterocycles. The standard InChI is InChI=1S/C14H15ClN2O5/c1-21-14(18)8-5-12(17(19)20)10(6-9(8)15)16-11-4-7-2-3-13(11)22-7/h5-7,11,13,16H,2-4H2,1H3. The number of hydrogen-bond donors (Lipinski definition) is 1. The first-order chi connectivity index (χ1) is 10.5. The summed E-state index contributed by atoms with van der Waals surface area (Å²) in [6, 6.07) is 2.57. The fraction of sp³-hybridized carbons (Fsp3) is 0.500. The molecule has 2 saturated heterocycles. The molecule has 3 atom stereocenters. The van der Waals surface area contributed by atoms with E-state index in [1.807, 2.05) is 0 Å². The normalized spacial score (nSPS) is 26.0. The summed E-state index contributed by atoms with van der Waals surface area (Å²) in [5.74, 6) is -0.706. The third-order valence-electron chi connectivity index (χ3n) is 4.13. The summed E-state index contributed by atoms with van der Waals surface area (Å²) in [5, 5.41) is 14.5. The van der Waals surface area contributed by atoms with Crippen molar-refractivity contribution >= 4 is 28.9 Å². The largest absolute Gasteiger partial charge is 0.465 e. The molecular formula is C14H15ClN2O5. The van der Waals surface area contributed by atoms with Gasteiger partial charge in [-0.25, -0.2) is 4.79 Å².